The molecule has 1 aromatic carbocycles. The number of halogens is 2. The van der Waals surface area contributed by atoms with Crippen LogP contribution >= 0.6 is 38.5 Å². The minimum absolute atomic E-state index is 0.998. The van der Waals surface area contributed by atoms with Gasteiger partial charge in [-0.25, -0.2) is 4.99 Å². The molecule has 0 spiro atoms. The second-order valence-electron chi connectivity index (χ2n) is 2.80. The summed E-state index contributed by atoms with van der Waals surface area (Å²) in [7, 11) is 3.91. The van der Waals surface area contributed by atoms with Crippen molar-refractivity contribution in [3.63, 3.8) is 0 Å². The lowest BCUT2D eigenvalue weighted by Gasteiger charge is -2.03. The Morgan fingerprint density at radius 3 is 2.69 bits per heavy atom. The highest BCUT2D eigenvalue weighted by Gasteiger charge is 1.96. The number of rotatable bonds is 2. The van der Waals surface area contributed by atoms with E-state index in [-0.39, 0.29) is 0 Å². The third kappa shape index (κ3) is 3.64. The van der Waals surface area contributed by atoms with Gasteiger partial charge in [0, 0.05) is 22.1 Å². The average Bonchev–Trinajstić information content (AvgIpc) is 2.02. The van der Waals surface area contributed by atoms with Gasteiger partial charge in [-0.05, 0) is 40.8 Å². The Labute approximate surface area is 100 Å². The summed E-state index contributed by atoms with van der Waals surface area (Å²) in [5.74, 6) is 0. The van der Waals surface area contributed by atoms with Crippen LogP contribution in [-0.4, -0.2) is 25.3 Å². The number of nitrogens with zero attached hydrogens (tertiary/aromatic N) is 2. The topological polar surface area (TPSA) is 15.6 Å². The molecule has 1 aromatic rings. The Bertz CT molecular complexity index is 323. The zero-order chi connectivity index (χ0) is 9.84. The standard InChI is InChI=1S/C9H10BrIN2/c1-13(2)6-12-9-4-3-7(10)5-8(9)11/h3-6H,1-2H3. The molecule has 0 bridgehead atoms. The first kappa shape index (κ1) is 11.0. The van der Waals surface area contributed by atoms with E-state index in [1.807, 2.05) is 37.2 Å². The van der Waals surface area contributed by atoms with Crippen LogP contribution in [0.4, 0.5) is 5.69 Å². The molecule has 0 aliphatic heterocycles. The van der Waals surface area contributed by atoms with Crippen molar-refractivity contribution in [2.75, 3.05) is 14.1 Å². The van der Waals surface area contributed by atoms with Crippen LogP contribution in [-0.2, 0) is 0 Å². The number of hydrogen-bond donors (Lipinski definition) is 0. The van der Waals surface area contributed by atoms with Crippen LogP contribution in [0.15, 0.2) is 27.7 Å². The lowest BCUT2D eigenvalue weighted by molar-refractivity contribution is 0.643. The molecule has 4 heteroatoms. The van der Waals surface area contributed by atoms with Gasteiger partial charge in [-0.1, -0.05) is 15.9 Å². The molecule has 70 valence electrons. The number of benzene rings is 1. The van der Waals surface area contributed by atoms with Gasteiger partial charge in [-0.15, -0.1) is 0 Å². The quantitative estimate of drug-likeness (QED) is 0.453. The molecule has 0 N–H and O–H groups in total. The van der Waals surface area contributed by atoms with Crippen molar-refractivity contribution >= 4 is 50.5 Å². The summed E-state index contributed by atoms with van der Waals surface area (Å²) in [6, 6.07) is 6.03. The number of hydrogen-bond acceptors (Lipinski definition) is 1. The van der Waals surface area contributed by atoms with Gasteiger partial charge >= 0.3 is 0 Å². The van der Waals surface area contributed by atoms with Gasteiger partial charge in [-0.3, -0.25) is 0 Å². The number of aliphatic imine (C=N–C) groups is 1. The van der Waals surface area contributed by atoms with Crippen molar-refractivity contribution in [1.29, 1.82) is 0 Å². The van der Waals surface area contributed by atoms with Crippen molar-refractivity contribution in [3.05, 3.63) is 26.2 Å². The minimum Gasteiger partial charge on any atom is -0.369 e. The first-order chi connectivity index (χ1) is 6.09. The van der Waals surface area contributed by atoms with Gasteiger partial charge < -0.3 is 4.90 Å². The van der Waals surface area contributed by atoms with Gasteiger partial charge in [0.2, 0.25) is 0 Å². The molecule has 0 amide bonds. The van der Waals surface area contributed by atoms with Crippen molar-refractivity contribution in [2.45, 2.75) is 0 Å². The molecule has 0 saturated carbocycles. The highest BCUT2D eigenvalue weighted by molar-refractivity contribution is 14.1. The maximum atomic E-state index is 4.32. The third-order valence-corrected chi connectivity index (χ3v) is 2.69. The van der Waals surface area contributed by atoms with Crippen molar-refractivity contribution < 1.29 is 0 Å². The van der Waals surface area contributed by atoms with E-state index in [2.05, 4.69) is 43.5 Å². The fourth-order valence-corrected chi connectivity index (χ4v) is 2.21. The lowest BCUT2D eigenvalue weighted by atomic mass is 10.3. The van der Waals surface area contributed by atoms with Crippen LogP contribution in [0, 0.1) is 3.57 Å². The Balaban J connectivity index is 2.90. The highest BCUT2D eigenvalue weighted by Crippen LogP contribution is 2.24. The van der Waals surface area contributed by atoms with Gasteiger partial charge in [0.05, 0.1) is 12.0 Å². The van der Waals surface area contributed by atoms with E-state index in [9.17, 15) is 0 Å². The molecule has 0 fully saturated rings. The summed E-state index contributed by atoms with van der Waals surface area (Å²) in [4.78, 5) is 6.23. The zero-order valence-corrected chi connectivity index (χ0v) is 11.2. The van der Waals surface area contributed by atoms with Gasteiger partial charge in [0.25, 0.3) is 0 Å². The van der Waals surface area contributed by atoms with E-state index in [4.69, 9.17) is 0 Å². The fraction of sp³-hybridized carbons (Fsp3) is 0.222. The normalized spacial score (nSPS) is 10.8. The summed E-state index contributed by atoms with van der Waals surface area (Å²) >= 11 is 5.68. The molecule has 1 rings (SSSR count). The van der Waals surface area contributed by atoms with Crippen molar-refractivity contribution in [3.8, 4) is 0 Å². The molecular weight excluding hydrogens is 343 g/mol. The molecule has 0 saturated heterocycles. The van der Waals surface area contributed by atoms with E-state index in [0.29, 0.717) is 0 Å². The molecule has 0 atom stereocenters. The SMILES string of the molecule is CN(C)C=Nc1ccc(Br)cc1I. The third-order valence-electron chi connectivity index (χ3n) is 1.34. The first-order valence-corrected chi connectivity index (χ1v) is 5.62. The Kier molecular flexibility index (Phi) is 4.18. The second-order valence-corrected chi connectivity index (χ2v) is 4.88. The molecular formula is C9H10BrIN2. The maximum Gasteiger partial charge on any atom is 0.0907 e. The molecule has 13 heavy (non-hydrogen) atoms. The summed E-state index contributed by atoms with van der Waals surface area (Å²) in [6.45, 7) is 0. The predicted octanol–water partition coefficient (Wildman–Crippen LogP) is 3.28. The Hall–Kier alpha value is -0.100. The lowest BCUT2D eigenvalue weighted by Crippen LogP contribution is -2.07. The van der Waals surface area contributed by atoms with E-state index in [0.717, 1.165) is 13.7 Å². The van der Waals surface area contributed by atoms with Crippen LogP contribution < -0.4 is 0 Å². The fourth-order valence-electron chi connectivity index (χ4n) is 0.764. The van der Waals surface area contributed by atoms with Crippen LogP contribution in [0.25, 0.3) is 0 Å². The van der Waals surface area contributed by atoms with Crippen molar-refractivity contribution in [2.24, 2.45) is 4.99 Å². The largest absolute Gasteiger partial charge is 0.369 e. The molecule has 0 radical (unpaired) electrons. The Morgan fingerprint density at radius 1 is 1.46 bits per heavy atom. The zero-order valence-electron chi connectivity index (χ0n) is 7.46. The molecule has 0 unspecified atom stereocenters. The van der Waals surface area contributed by atoms with E-state index in [1.54, 1.807) is 6.34 Å². The van der Waals surface area contributed by atoms with E-state index >= 15 is 0 Å². The summed E-state index contributed by atoms with van der Waals surface area (Å²) < 4.78 is 2.23. The molecule has 2 nitrogen and oxygen atoms in total. The van der Waals surface area contributed by atoms with Gasteiger partial charge in [0.15, 0.2) is 0 Å². The van der Waals surface area contributed by atoms with Crippen LogP contribution in [0.2, 0.25) is 0 Å². The van der Waals surface area contributed by atoms with E-state index < -0.39 is 0 Å². The highest BCUT2D eigenvalue weighted by atomic mass is 127. The molecule has 0 aliphatic rings. The predicted molar refractivity (Wildman–Crippen MR) is 68.7 cm³/mol. The van der Waals surface area contributed by atoms with Crippen LogP contribution in [0.3, 0.4) is 0 Å². The molecule has 0 aromatic heterocycles. The first-order valence-electron chi connectivity index (χ1n) is 3.75. The minimum atomic E-state index is 0.998. The maximum absolute atomic E-state index is 4.32. The monoisotopic (exact) mass is 352 g/mol. The second kappa shape index (κ2) is 4.95. The summed E-state index contributed by atoms with van der Waals surface area (Å²) in [5, 5.41) is 0. The summed E-state index contributed by atoms with van der Waals surface area (Å²) in [6.07, 6.45) is 1.80. The molecule has 0 aliphatic carbocycles. The smallest absolute Gasteiger partial charge is 0.0907 e. The van der Waals surface area contributed by atoms with Crippen molar-refractivity contribution in [1.82, 2.24) is 4.90 Å². The average molecular weight is 353 g/mol. The molecule has 0 heterocycles. The Morgan fingerprint density at radius 2 is 2.15 bits per heavy atom. The van der Waals surface area contributed by atoms with Crippen LogP contribution in [0.5, 0.6) is 0 Å². The van der Waals surface area contributed by atoms with Gasteiger partial charge in [-0.2, -0.15) is 0 Å². The summed E-state index contributed by atoms with van der Waals surface area (Å²) in [5.41, 5.74) is 0.998. The van der Waals surface area contributed by atoms with Gasteiger partial charge in [0.1, 0.15) is 0 Å². The van der Waals surface area contributed by atoms with Crippen LogP contribution in [0.1, 0.15) is 0 Å². The van der Waals surface area contributed by atoms with E-state index in [1.165, 1.54) is 0 Å².